The van der Waals surface area contributed by atoms with Crippen molar-refractivity contribution < 1.29 is 13.7 Å². The average molecular weight is 1110 g/mol. The predicted octanol–water partition coefficient (Wildman–Crippen LogP) is 13.2. The van der Waals surface area contributed by atoms with Crippen LogP contribution in [0.1, 0.15) is 144 Å². The van der Waals surface area contributed by atoms with E-state index in [1.807, 2.05) is 0 Å². The fourth-order valence-electron chi connectivity index (χ4n) is 6.81. The van der Waals surface area contributed by atoms with E-state index in [1.54, 1.807) is 0 Å². The summed E-state index contributed by atoms with van der Waals surface area (Å²) in [6.07, 6.45) is 24.6. The molecular weight excluding hydrogens is 1040 g/mol. The fraction of sp³-hybridized carbons (Fsp3) is 0.381. The molecule has 3 nitrogen and oxygen atoms in total. The van der Waals surface area contributed by atoms with Gasteiger partial charge in [-0.15, -0.1) is 0 Å². The van der Waals surface area contributed by atoms with Crippen molar-refractivity contribution in [2.45, 2.75) is 138 Å². The van der Waals surface area contributed by atoms with Gasteiger partial charge in [-0.2, -0.15) is 0 Å². The van der Waals surface area contributed by atoms with Crippen molar-refractivity contribution in [3.8, 4) is 71.0 Å². The number of aryl methyl sites for hydroxylation is 9. The van der Waals surface area contributed by atoms with E-state index in [0.29, 0.717) is 0 Å². The highest BCUT2D eigenvalue weighted by molar-refractivity contribution is 9.09. The molecular formula is C63H69Br3N3+3. The molecule has 0 aliphatic carbocycles. The first kappa shape index (κ1) is 56.3. The second kappa shape index (κ2) is 33.3. The smallest absolute Gasteiger partial charge is 0.171 e. The predicted molar refractivity (Wildman–Crippen MR) is 299 cm³/mol. The van der Waals surface area contributed by atoms with Crippen LogP contribution < -0.4 is 13.7 Å². The number of nitrogens with zero attached hydrogens (tertiary/aromatic N) is 3. The summed E-state index contributed by atoms with van der Waals surface area (Å²) in [5.41, 5.74) is 13.9. The van der Waals surface area contributed by atoms with Crippen molar-refractivity contribution in [3.05, 3.63) is 159 Å². The molecule has 3 aromatic heterocycles. The third-order valence-electron chi connectivity index (χ3n) is 11.2. The van der Waals surface area contributed by atoms with E-state index >= 15 is 0 Å². The van der Waals surface area contributed by atoms with Gasteiger partial charge in [0.15, 0.2) is 37.2 Å². The van der Waals surface area contributed by atoms with E-state index in [1.165, 1.54) is 33.4 Å². The highest BCUT2D eigenvalue weighted by Gasteiger charge is 2.05. The zero-order chi connectivity index (χ0) is 49.5. The van der Waals surface area contributed by atoms with Gasteiger partial charge in [0.1, 0.15) is 19.6 Å². The maximum Gasteiger partial charge on any atom is 0.171 e. The van der Waals surface area contributed by atoms with E-state index in [2.05, 4.69) is 266 Å². The average Bonchev–Trinajstić information content (AvgIpc) is 3.34. The lowest BCUT2D eigenvalue weighted by atomic mass is 10.1. The molecule has 2 aromatic carbocycles. The quantitative estimate of drug-likeness (QED) is 0.0429. The van der Waals surface area contributed by atoms with Gasteiger partial charge in [0.25, 0.3) is 0 Å². The number of rotatable bonds is 15. The number of unbranched alkanes of at least 4 members (excludes halogenated alkanes) is 6. The number of aromatic nitrogens is 3. The van der Waals surface area contributed by atoms with Crippen molar-refractivity contribution in [3.63, 3.8) is 0 Å². The van der Waals surface area contributed by atoms with Crippen molar-refractivity contribution in [2.75, 3.05) is 16.0 Å². The summed E-state index contributed by atoms with van der Waals surface area (Å²) in [4.78, 5) is 0. The van der Waals surface area contributed by atoms with Crippen LogP contribution in [-0.4, -0.2) is 16.0 Å². The lowest BCUT2D eigenvalue weighted by molar-refractivity contribution is -0.697. The van der Waals surface area contributed by atoms with Crippen LogP contribution in [0.3, 0.4) is 0 Å². The Labute approximate surface area is 442 Å². The lowest BCUT2D eigenvalue weighted by Crippen LogP contribution is -2.33. The summed E-state index contributed by atoms with van der Waals surface area (Å²) in [6.45, 7) is 15.9. The van der Waals surface area contributed by atoms with Gasteiger partial charge in [0, 0.05) is 142 Å². The molecule has 6 heteroatoms. The first-order valence-electron chi connectivity index (χ1n) is 24.4. The van der Waals surface area contributed by atoms with E-state index < -0.39 is 0 Å². The second-order valence-corrected chi connectivity index (χ2v) is 19.6. The van der Waals surface area contributed by atoms with Crippen molar-refractivity contribution in [2.24, 2.45) is 0 Å². The van der Waals surface area contributed by atoms with Crippen molar-refractivity contribution in [1.82, 2.24) is 0 Å². The second-order valence-electron chi connectivity index (χ2n) is 17.2. The largest absolute Gasteiger partial charge is 0.205 e. The molecule has 0 N–H and O–H groups in total. The molecule has 0 amide bonds. The lowest BCUT2D eigenvalue weighted by Gasteiger charge is -2.00. The highest BCUT2D eigenvalue weighted by Crippen LogP contribution is 2.12. The maximum absolute atomic E-state index is 3.43. The Balaban J connectivity index is 0.000000365. The monoisotopic (exact) mass is 1100 g/mol. The molecule has 0 unspecified atom stereocenters. The summed E-state index contributed by atoms with van der Waals surface area (Å²) in [6, 6.07) is 19.1. The highest BCUT2D eigenvalue weighted by atomic mass is 79.9. The summed E-state index contributed by atoms with van der Waals surface area (Å²) in [5, 5.41) is 2.97. The molecule has 5 rings (SSSR count). The molecule has 3 heterocycles. The SMILES string of the molecule is BrCCCC#Cc1cc(C#CCCCBr)cc(C#CCCCBr)c1.Cc1cc[n+](CCCC#Cc2cc(C#CCCC[n+]3ccc(C)c(C)c3)cc(C#CCCC[n+]3ccc(C)c(C)c3)c2)cc1C. The van der Waals surface area contributed by atoms with E-state index in [-0.39, 0.29) is 0 Å². The van der Waals surface area contributed by atoms with Crippen LogP contribution in [0.2, 0.25) is 0 Å². The third-order valence-corrected chi connectivity index (χ3v) is 12.9. The molecule has 354 valence electrons. The molecule has 69 heavy (non-hydrogen) atoms. The fourth-order valence-corrected chi connectivity index (χ4v) is 7.65. The molecule has 0 atom stereocenters. The van der Waals surface area contributed by atoms with E-state index in [0.717, 1.165) is 146 Å². The van der Waals surface area contributed by atoms with Gasteiger partial charge in [-0.25, -0.2) is 13.7 Å². The summed E-state index contributed by atoms with van der Waals surface area (Å²) in [7, 11) is 0. The van der Waals surface area contributed by atoms with Gasteiger partial charge in [-0.1, -0.05) is 119 Å². The Kier molecular flexibility index (Phi) is 27.1. The Morgan fingerprint density at radius 3 is 0.739 bits per heavy atom. The third kappa shape index (κ3) is 23.2. The standard InChI is InChI=1S/C42H48N3.C21H21Br3/c1-34-19-25-43(31-37(34)4)22-13-7-10-16-40-28-41(17-11-8-14-23-44-26-20-35(2)38(5)32-44)30-42(29-40)18-12-9-15-24-45-27-21-36(3)39(6)33-45;22-13-7-1-4-10-19-16-20(11-5-2-8-14-23)18-21(17-19)12-6-3-9-15-24/h19-21,25-33H,7-9,13-15,22-24H2,1-6H3;16-18H,1-3,7-9,13-15H2/q+3;. The topological polar surface area (TPSA) is 11.6 Å². The Morgan fingerprint density at radius 2 is 0.536 bits per heavy atom. The zero-order valence-electron chi connectivity index (χ0n) is 41.9. The number of halogens is 3. The van der Waals surface area contributed by atoms with Crippen LogP contribution in [0.25, 0.3) is 0 Å². The van der Waals surface area contributed by atoms with Crippen LogP contribution in [0.5, 0.6) is 0 Å². The first-order valence-corrected chi connectivity index (χ1v) is 27.7. The molecule has 0 spiro atoms. The van der Waals surface area contributed by atoms with Gasteiger partial charge >= 0.3 is 0 Å². The Bertz CT molecular complexity index is 2510. The molecule has 0 radical (unpaired) electrons. The van der Waals surface area contributed by atoms with Crippen molar-refractivity contribution >= 4 is 47.8 Å². The Hall–Kier alpha value is -5.31. The first-order chi connectivity index (χ1) is 33.6. The summed E-state index contributed by atoms with van der Waals surface area (Å²) in [5.74, 6) is 39.8. The van der Waals surface area contributed by atoms with E-state index in [9.17, 15) is 0 Å². The molecule has 0 aliphatic rings. The summed E-state index contributed by atoms with van der Waals surface area (Å²) < 4.78 is 6.76. The van der Waals surface area contributed by atoms with Gasteiger partial charge < -0.3 is 0 Å². The number of pyridine rings is 3. The number of hydrogen-bond acceptors (Lipinski definition) is 0. The van der Waals surface area contributed by atoms with Crippen molar-refractivity contribution in [1.29, 1.82) is 0 Å². The molecule has 0 saturated heterocycles. The van der Waals surface area contributed by atoms with Crippen LogP contribution in [0, 0.1) is 113 Å². The normalized spacial score (nSPS) is 9.87. The summed E-state index contributed by atoms with van der Waals surface area (Å²) >= 11 is 10.3. The Morgan fingerprint density at radius 1 is 0.319 bits per heavy atom. The minimum Gasteiger partial charge on any atom is -0.205 e. The minimum absolute atomic E-state index is 0.850. The van der Waals surface area contributed by atoms with Gasteiger partial charge in [0.05, 0.1) is 0 Å². The molecule has 5 aromatic rings. The molecule has 0 aliphatic heterocycles. The zero-order valence-corrected chi connectivity index (χ0v) is 46.6. The van der Waals surface area contributed by atoms with Crippen LogP contribution in [-0.2, 0) is 19.6 Å². The molecule has 0 bridgehead atoms. The van der Waals surface area contributed by atoms with Gasteiger partial charge in [-0.3, -0.25) is 0 Å². The van der Waals surface area contributed by atoms with Gasteiger partial charge in [-0.05, 0) is 114 Å². The van der Waals surface area contributed by atoms with Crippen LogP contribution >= 0.6 is 47.8 Å². The number of benzene rings is 2. The molecule has 0 fully saturated rings. The minimum atomic E-state index is 0.850. The maximum atomic E-state index is 3.43. The van der Waals surface area contributed by atoms with Gasteiger partial charge in [0.2, 0.25) is 0 Å². The number of hydrogen-bond donors (Lipinski definition) is 0. The van der Waals surface area contributed by atoms with Crippen LogP contribution in [0.15, 0.2) is 91.8 Å². The van der Waals surface area contributed by atoms with Crippen LogP contribution in [0.4, 0.5) is 0 Å². The molecule has 0 saturated carbocycles. The van der Waals surface area contributed by atoms with E-state index in [4.69, 9.17) is 0 Å². The number of alkyl halides is 3.